The van der Waals surface area contributed by atoms with Gasteiger partial charge in [0.05, 0.1) is 6.61 Å². The second kappa shape index (κ2) is 10.8. The molecular weight excluding hydrogens is 472 g/mol. The van der Waals surface area contributed by atoms with Crippen LogP contribution < -0.4 is 16.3 Å². The van der Waals surface area contributed by atoms with E-state index >= 15 is 0 Å². The van der Waals surface area contributed by atoms with Gasteiger partial charge in [-0.05, 0) is 49.2 Å². The molecule has 0 unspecified atom stereocenters. The van der Waals surface area contributed by atoms with E-state index in [2.05, 4.69) is 15.5 Å². The zero-order chi connectivity index (χ0) is 24.9. The predicted octanol–water partition coefficient (Wildman–Crippen LogP) is 4.67. The highest BCUT2D eigenvalue weighted by Crippen LogP contribution is 2.24. The minimum Gasteiger partial charge on any atom is -0.450 e. The number of anilines is 2. The number of halogens is 1. The van der Waals surface area contributed by atoms with Crippen molar-refractivity contribution in [2.45, 2.75) is 20.4 Å². The Kier molecular flexibility index (Phi) is 7.57. The third-order valence-electron chi connectivity index (χ3n) is 5.83. The highest BCUT2D eigenvalue weighted by molar-refractivity contribution is 6.31. The molecule has 1 aliphatic rings. The van der Waals surface area contributed by atoms with Crippen LogP contribution in [-0.2, 0) is 11.3 Å². The minimum atomic E-state index is -0.572. The lowest BCUT2D eigenvalue weighted by Crippen LogP contribution is -2.49. The molecule has 9 nitrogen and oxygen atoms in total. The first-order valence-electron chi connectivity index (χ1n) is 11.4. The van der Waals surface area contributed by atoms with Crippen LogP contribution in [0, 0.1) is 6.92 Å². The van der Waals surface area contributed by atoms with Crippen LogP contribution in [-0.4, -0.2) is 54.7 Å². The van der Waals surface area contributed by atoms with Crippen molar-refractivity contribution in [1.82, 2.24) is 9.80 Å². The lowest BCUT2D eigenvalue weighted by molar-refractivity contribution is 0.143. The maximum atomic E-state index is 12.7. The number of rotatable bonds is 5. The Labute approximate surface area is 207 Å². The largest absolute Gasteiger partial charge is 0.450 e. The Hall–Kier alpha value is -3.56. The van der Waals surface area contributed by atoms with Gasteiger partial charge in [-0.3, -0.25) is 10.2 Å². The molecule has 184 valence electrons. The fourth-order valence-corrected chi connectivity index (χ4v) is 4.13. The number of nitrogens with one attached hydrogen (secondary N) is 2. The van der Waals surface area contributed by atoms with Gasteiger partial charge in [0.15, 0.2) is 0 Å². The number of hydrogen-bond donors (Lipinski definition) is 2. The summed E-state index contributed by atoms with van der Waals surface area (Å²) in [6.45, 7) is 6.85. The molecule has 35 heavy (non-hydrogen) atoms. The fraction of sp³-hybridized carbons (Fsp3) is 0.320. The van der Waals surface area contributed by atoms with Crippen LogP contribution in [0.25, 0.3) is 11.0 Å². The number of amides is 3. The molecular formula is C25H27ClN4O5. The summed E-state index contributed by atoms with van der Waals surface area (Å²) in [4.78, 5) is 40.5. The van der Waals surface area contributed by atoms with Gasteiger partial charge in [-0.1, -0.05) is 17.7 Å². The summed E-state index contributed by atoms with van der Waals surface area (Å²) in [6.07, 6.45) is -0.572. The van der Waals surface area contributed by atoms with Gasteiger partial charge in [-0.15, -0.1) is 0 Å². The molecule has 2 aromatic carbocycles. The van der Waals surface area contributed by atoms with E-state index in [1.54, 1.807) is 30.0 Å². The second-order valence-electron chi connectivity index (χ2n) is 8.30. The van der Waals surface area contributed by atoms with Gasteiger partial charge in [0.1, 0.15) is 5.58 Å². The monoisotopic (exact) mass is 498 g/mol. The molecule has 4 rings (SSSR count). The second-order valence-corrected chi connectivity index (χ2v) is 8.71. The first kappa shape index (κ1) is 24.6. The molecule has 3 aromatic rings. The minimum absolute atomic E-state index is 0.169. The summed E-state index contributed by atoms with van der Waals surface area (Å²) in [7, 11) is 0. The Balaban J connectivity index is 1.39. The van der Waals surface area contributed by atoms with Crippen LogP contribution in [0.15, 0.2) is 51.7 Å². The van der Waals surface area contributed by atoms with E-state index in [-0.39, 0.29) is 12.6 Å². The molecule has 10 heteroatoms. The molecule has 1 aliphatic heterocycles. The topological polar surface area (TPSA) is 104 Å². The summed E-state index contributed by atoms with van der Waals surface area (Å²) >= 11 is 6.15. The van der Waals surface area contributed by atoms with E-state index in [1.807, 2.05) is 25.1 Å². The van der Waals surface area contributed by atoms with Crippen molar-refractivity contribution in [2.24, 2.45) is 0 Å². The Morgan fingerprint density at radius 2 is 1.74 bits per heavy atom. The van der Waals surface area contributed by atoms with Crippen molar-refractivity contribution in [3.05, 3.63) is 69.0 Å². The number of benzene rings is 2. The van der Waals surface area contributed by atoms with Crippen LogP contribution in [0.4, 0.5) is 21.0 Å². The zero-order valence-electron chi connectivity index (χ0n) is 19.6. The van der Waals surface area contributed by atoms with E-state index in [0.717, 1.165) is 16.5 Å². The molecule has 2 heterocycles. The smallest absolute Gasteiger partial charge is 0.411 e. The van der Waals surface area contributed by atoms with E-state index < -0.39 is 11.7 Å². The third-order valence-corrected chi connectivity index (χ3v) is 6.24. The average molecular weight is 499 g/mol. The number of piperazine rings is 1. The molecule has 1 aromatic heterocycles. The first-order valence-corrected chi connectivity index (χ1v) is 11.7. The normalized spacial score (nSPS) is 14.1. The number of ether oxygens (including phenoxy) is 1. The Morgan fingerprint density at radius 3 is 2.46 bits per heavy atom. The van der Waals surface area contributed by atoms with Crippen LogP contribution >= 0.6 is 11.6 Å². The molecule has 1 saturated heterocycles. The van der Waals surface area contributed by atoms with Crippen molar-refractivity contribution < 1.29 is 18.7 Å². The molecule has 0 bridgehead atoms. The number of nitrogens with zero attached hydrogens (tertiary/aromatic N) is 2. The molecule has 0 spiro atoms. The number of hydrogen-bond acceptors (Lipinski definition) is 6. The van der Waals surface area contributed by atoms with Crippen molar-refractivity contribution in [3.63, 3.8) is 0 Å². The molecule has 0 radical (unpaired) electrons. The standard InChI is InChI=1S/C25H27ClN4O5/c1-3-34-25(33)28-19-6-7-20-17(12-23(31)35-22(20)14-19)15-29-8-10-30(11-9-29)24(32)27-18-5-4-16(2)21(26)13-18/h4-7,12-14H,3,8-11,15H2,1-2H3,(H,27,32)(H,28,33). The average Bonchev–Trinajstić information content (AvgIpc) is 2.81. The van der Waals surface area contributed by atoms with Crippen LogP contribution in [0.2, 0.25) is 5.02 Å². The van der Waals surface area contributed by atoms with E-state index in [9.17, 15) is 14.4 Å². The van der Waals surface area contributed by atoms with Crippen LogP contribution in [0.1, 0.15) is 18.1 Å². The summed E-state index contributed by atoms with van der Waals surface area (Å²) in [5.41, 5.74) is 2.84. The van der Waals surface area contributed by atoms with Gasteiger partial charge in [-0.2, -0.15) is 0 Å². The molecule has 1 fully saturated rings. The van der Waals surface area contributed by atoms with Crippen molar-refractivity contribution in [3.8, 4) is 0 Å². The maximum Gasteiger partial charge on any atom is 0.411 e. The quantitative estimate of drug-likeness (QED) is 0.495. The van der Waals surface area contributed by atoms with Crippen LogP contribution in [0.5, 0.6) is 0 Å². The van der Waals surface area contributed by atoms with Gasteiger partial charge >= 0.3 is 17.7 Å². The number of aryl methyl sites for hydroxylation is 1. The fourth-order valence-electron chi connectivity index (χ4n) is 3.95. The number of carbonyl (C=O) groups excluding carboxylic acids is 2. The van der Waals surface area contributed by atoms with E-state index in [0.29, 0.717) is 54.7 Å². The highest BCUT2D eigenvalue weighted by Gasteiger charge is 2.22. The summed E-state index contributed by atoms with van der Waals surface area (Å²) in [6, 6.07) is 11.9. The Bertz CT molecular complexity index is 1300. The molecule has 3 amide bonds. The van der Waals surface area contributed by atoms with Gasteiger partial charge < -0.3 is 19.4 Å². The lowest BCUT2D eigenvalue weighted by Gasteiger charge is -2.34. The maximum absolute atomic E-state index is 12.7. The summed E-state index contributed by atoms with van der Waals surface area (Å²) < 4.78 is 10.2. The van der Waals surface area contributed by atoms with Crippen molar-refractivity contribution in [2.75, 3.05) is 43.4 Å². The third kappa shape index (κ3) is 6.12. The first-order chi connectivity index (χ1) is 16.8. The number of urea groups is 1. The van der Waals surface area contributed by atoms with E-state index in [1.165, 1.54) is 6.07 Å². The van der Waals surface area contributed by atoms with Gasteiger partial charge in [-0.25, -0.2) is 14.4 Å². The highest BCUT2D eigenvalue weighted by atomic mass is 35.5. The predicted molar refractivity (Wildman–Crippen MR) is 135 cm³/mol. The van der Waals surface area contributed by atoms with Crippen molar-refractivity contribution in [1.29, 1.82) is 0 Å². The SMILES string of the molecule is CCOC(=O)Nc1ccc2c(CN3CCN(C(=O)Nc4ccc(C)c(Cl)c4)CC3)cc(=O)oc2c1. The molecule has 2 N–H and O–H groups in total. The lowest BCUT2D eigenvalue weighted by atomic mass is 10.1. The van der Waals surface area contributed by atoms with E-state index in [4.69, 9.17) is 20.8 Å². The number of fused-ring (bicyclic) bond motifs is 1. The van der Waals surface area contributed by atoms with Gasteiger partial charge in [0.2, 0.25) is 0 Å². The molecule has 0 atom stereocenters. The van der Waals surface area contributed by atoms with Crippen LogP contribution in [0.3, 0.4) is 0 Å². The van der Waals surface area contributed by atoms with Gasteiger partial charge in [0, 0.05) is 66.6 Å². The molecule has 0 saturated carbocycles. The number of carbonyl (C=O) groups is 2. The summed E-state index contributed by atoms with van der Waals surface area (Å²) in [5, 5.41) is 6.90. The summed E-state index contributed by atoms with van der Waals surface area (Å²) in [5.74, 6) is 0. The molecule has 0 aliphatic carbocycles. The van der Waals surface area contributed by atoms with Crippen molar-refractivity contribution >= 4 is 46.1 Å². The Morgan fingerprint density at radius 1 is 1.03 bits per heavy atom. The zero-order valence-corrected chi connectivity index (χ0v) is 20.4. The van der Waals surface area contributed by atoms with Gasteiger partial charge in [0.25, 0.3) is 0 Å².